The second-order valence-electron chi connectivity index (χ2n) is 5.60. The highest BCUT2D eigenvalue weighted by Crippen LogP contribution is 2.35. The number of nitrogens with zero attached hydrogens (tertiary/aromatic N) is 1. The Morgan fingerprint density at radius 2 is 1.82 bits per heavy atom. The summed E-state index contributed by atoms with van der Waals surface area (Å²) >= 11 is 6.88. The van der Waals surface area contributed by atoms with E-state index in [2.05, 4.69) is 0 Å². The number of likely N-dealkylation sites (tertiary alicyclic amines) is 1. The maximum Gasteiger partial charge on any atom is 0.227 e. The van der Waals surface area contributed by atoms with E-state index < -0.39 is 0 Å². The first-order valence-electron chi connectivity index (χ1n) is 5.87. The summed E-state index contributed by atoms with van der Waals surface area (Å²) in [4.78, 5) is 14.7. The monoisotopic (exact) mass is 274 g/mol. The molecule has 0 atom stereocenters. The first-order valence-corrected chi connectivity index (χ1v) is 7.51. The van der Waals surface area contributed by atoms with Gasteiger partial charge in [-0.1, -0.05) is 33.0 Å². The van der Waals surface area contributed by atoms with Crippen molar-refractivity contribution < 1.29 is 4.79 Å². The quantitative estimate of drug-likeness (QED) is 0.783. The van der Waals surface area contributed by atoms with Gasteiger partial charge in [-0.15, -0.1) is 0 Å². The highest BCUT2D eigenvalue weighted by Gasteiger charge is 2.39. The second-order valence-corrected chi connectivity index (χ2v) is 7.23. The molecule has 5 heteroatoms. The Balaban J connectivity index is 2.68. The third-order valence-corrected chi connectivity index (χ3v) is 5.27. The summed E-state index contributed by atoms with van der Waals surface area (Å²) in [5, 5.41) is 0. The largest absolute Gasteiger partial charge is 0.392 e. The number of carbonyl (C=O) groups is 1. The SMILES string of the molecule is CSC1(C(N)=S)CCN(C(=O)C(C)(C)C)CC1. The molecule has 0 bridgehead atoms. The Kier molecular flexibility index (Phi) is 4.47. The molecule has 3 nitrogen and oxygen atoms in total. The number of amides is 1. The molecule has 17 heavy (non-hydrogen) atoms. The smallest absolute Gasteiger partial charge is 0.227 e. The Labute approximate surface area is 113 Å². The molecule has 1 aliphatic rings. The van der Waals surface area contributed by atoms with Crippen LogP contribution in [-0.4, -0.2) is 39.9 Å². The average Bonchev–Trinajstić information content (AvgIpc) is 2.26. The highest BCUT2D eigenvalue weighted by atomic mass is 32.2. The molecule has 0 aromatic heterocycles. The molecule has 1 aliphatic heterocycles. The third kappa shape index (κ3) is 3.13. The zero-order valence-corrected chi connectivity index (χ0v) is 12.7. The fourth-order valence-electron chi connectivity index (χ4n) is 2.10. The number of thioether (sulfide) groups is 1. The van der Waals surface area contributed by atoms with Crippen LogP contribution in [-0.2, 0) is 4.79 Å². The van der Waals surface area contributed by atoms with Gasteiger partial charge in [-0.05, 0) is 19.1 Å². The molecule has 1 saturated heterocycles. The Morgan fingerprint density at radius 1 is 1.35 bits per heavy atom. The summed E-state index contributed by atoms with van der Waals surface area (Å²) in [6.45, 7) is 7.39. The molecule has 1 rings (SSSR count). The first-order chi connectivity index (χ1) is 7.73. The van der Waals surface area contributed by atoms with Crippen LogP contribution in [0.25, 0.3) is 0 Å². The first kappa shape index (κ1) is 14.8. The highest BCUT2D eigenvalue weighted by molar-refractivity contribution is 8.02. The van der Waals surface area contributed by atoms with E-state index in [9.17, 15) is 4.79 Å². The average molecular weight is 274 g/mol. The number of piperidine rings is 1. The van der Waals surface area contributed by atoms with Gasteiger partial charge in [0.15, 0.2) is 0 Å². The van der Waals surface area contributed by atoms with Crippen LogP contribution in [0, 0.1) is 5.41 Å². The molecule has 1 amide bonds. The van der Waals surface area contributed by atoms with E-state index in [0.717, 1.165) is 25.9 Å². The number of hydrogen-bond acceptors (Lipinski definition) is 3. The molecule has 0 aliphatic carbocycles. The van der Waals surface area contributed by atoms with Crippen LogP contribution in [0.15, 0.2) is 0 Å². The van der Waals surface area contributed by atoms with Crippen LogP contribution in [0.5, 0.6) is 0 Å². The lowest BCUT2D eigenvalue weighted by molar-refractivity contribution is -0.140. The summed E-state index contributed by atoms with van der Waals surface area (Å²) in [5.41, 5.74) is 5.52. The molecule has 1 fully saturated rings. The zero-order chi connectivity index (χ0) is 13.3. The summed E-state index contributed by atoms with van der Waals surface area (Å²) in [5.74, 6) is 0.218. The van der Waals surface area contributed by atoms with Crippen LogP contribution in [0.3, 0.4) is 0 Å². The van der Waals surface area contributed by atoms with Crippen molar-refractivity contribution in [3.8, 4) is 0 Å². The van der Waals surface area contributed by atoms with Crippen molar-refractivity contribution in [1.82, 2.24) is 4.90 Å². The minimum Gasteiger partial charge on any atom is -0.392 e. The van der Waals surface area contributed by atoms with E-state index >= 15 is 0 Å². The summed E-state index contributed by atoms with van der Waals surface area (Å²) in [6, 6.07) is 0. The zero-order valence-electron chi connectivity index (χ0n) is 11.1. The van der Waals surface area contributed by atoms with Crippen LogP contribution in [0.1, 0.15) is 33.6 Å². The molecule has 0 aromatic carbocycles. The van der Waals surface area contributed by atoms with Gasteiger partial charge in [-0.3, -0.25) is 4.79 Å². The van der Waals surface area contributed by atoms with Crippen molar-refractivity contribution in [2.45, 2.75) is 38.4 Å². The van der Waals surface area contributed by atoms with E-state index in [1.807, 2.05) is 31.9 Å². The van der Waals surface area contributed by atoms with E-state index in [1.165, 1.54) is 0 Å². The minimum atomic E-state index is -0.303. The fraction of sp³-hybridized carbons (Fsp3) is 0.833. The van der Waals surface area contributed by atoms with Gasteiger partial charge >= 0.3 is 0 Å². The van der Waals surface area contributed by atoms with Gasteiger partial charge in [-0.25, -0.2) is 0 Å². The number of hydrogen-bond donors (Lipinski definition) is 1. The van der Waals surface area contributed by atoms with Crippen molar-refractivity contribution in [2.24, 2.45) is 11.1 Å². The minimum absolute atomic E-state index is 0.107. The lowest BCUT2D eigenvalue weighted by Crippen LogP contribution is -2.52. The summed E-state index contributed by atoms with van der Waals surface area (Å²) < 4.78 is -0.107. The van der Waals surface area contributed by atoms with E-state index in [1.54, 1.807) is 11.8 Å². The molecule has 0 saturated carbocycles. The standard InChI is InChI=1S/C12H22N2OS2/c1-11(2,3)10(15)14-7-5-12(17-4,6-8-14)9(13)16/h5-8H2,1-4H3,(H2,13,16). The normalized spacial score (nSPS) is 20.1. The van der Waals surface area contributed by atoms with Crippen molar-refractivity contribution in [1.29, 1.82) is 0 Å². The molecule has 0 radical (unpaired) electrons. The van der Waals surface area contributed by atoms with Crippen molar-refractivity contribution in [3.63, 3.8) is 0 Å². The predicted octanol–water partition coefficient (Wildman–Crippen LogP) is 2.04. The van der Waals surface area contributed by atoms with E-state index in [-0.39, 0.29) is 16.1 Å². The van der Waals surface area contributed by atoms with Crippen molar-refractivity contribution in [3.05, 3.63) is 0 Å². The van der Waals surface area contributed by atoms with Crippen LogP contribution >= 0.6 is 24.0 Å². The molecule has 98 valence electrons. The molecular formula is C12H22N2OS2. The van der Waals surface area contributed by atoms with Crippen LogP contribution in [0.4, 0.5) is 0 Å². The Hall–Kier alpha value is -0.290. The lowest BCUT2D eigenvalue weighted by atomic mass is 9.90. The van der Waals surface area contributed by atoms with Gasteiger partial charge in [0.1, 0.15) is 0 Å². The van der Waals surface area contributed by atoms with Gasteiger partial charge in [0.2, 0.25) is 5.91 Å². The molecule has 2 N–H and O–H groups in total. The van der Waals surface area contributed by atoms with Crippen LogP contribution in [0.2, 0.25) is 0 Å². The maximum atomic E-state index is 12.1. The maximum absolute atomic E-state index is 12.1. The molecule has 0 unspecified atom stereocenters. The number of rotatable bonds is 2. The van der Waals surface area contributed by atoms with E-state index in [0.29, 0.717) is 4.99 Å². The Morgan fingerprint density at radius 3 is 2.12 bits per heavy atom. The fourth-order valence-corrected chi connectivity index (χ4v) is 3.34. The number of thiocarbonyl (C=S) groups is 1. The lowest BCUT2D eigenvalue weighted by Gasteiger charge is -2.41. The summed E-state index contributed by atoms with van der Waals surface area (Å²) in [6.07, 6.45) is 3.77. The van der Waals surface area contributed by atoms with E-state index in [4.69, 9.17) is 18.0 Å². The van der Waals surface area contributed by atoms with Gasteiger partial charge < -0.3 is 10.6 Å². The molecule has 1 heterocycles. The van der Waals surface area contributed by atoms with Crippen molar-refractivity contribution >= 4 is 34.9 Å². The van der Waals surface area contributed by atoms with Crippen molar-refractivity contribution in [2.75, 3.05) is 19.3 Å². The van der Waals surface area contributed by atoms with Gasteiger partial charge in [-0.2, -0.15) is 11.8 Å². The van der Waals surface area contributed by atoms with Crippen LogP contribution < -0.4 is 5.73 Å². The van der Waals surface area contributed by atoms with Gasteiger partial charge in [0.05, 0.1) is 9.74 Å². The summed E-state index contributed by atoms with van der Waals surface area (Å²) in [7, 11) is 0. The Bertz CT molecular complexity index is 315. The van der Waals surface area contributed by atoms with Gasteiger partial charge in [0.25, 0.3) is 0 Å². The topological polar surface area (TPSA) is 46.3 Å². The van der Waals surface area contributed by atoms with Gasteiger partial charge in [0, 0.05) is 18.5 Å². The number of carbonyl (C=O) groups excluding carboxylic acids is 1. The molecule has 0 aromatic rings. The molecule has 0 spiro atoms. The molecular weight excluding hydrogens is 252 g/mol. The number of nitrogens with two attached hydrogens (primary N) is 1. The second kappa shape index (κ2) is 5.14. The third-order valence-electron chi connectivity index (χ3n) is 3.34. The predicted molar refractivity (Wildman–Crippen MR) is 78.3 cm³/mol.